The van der Waals surface area contributed by atoms with Crippen LogP contribution in [-0.2, 0) is 0 Å². The van der Waals surface area contributed by atoms with Gasteiger partial charge in [-0.05, 0) is 63.1 Å². The molecule has 0 heterocycles. The van der Waals surface area contributed by atoms with Crippen molar-refractivity contribution in [3.63, 3.8) is 0 Å². The van der Waals surface area contributed by atoms with Crippen LogP contribution in [0.25, 0.3) is 0 Å². The summed E-state index contributed by atoms with van der Waals surface area (Å²) >= 11 is 0. The number of hydrogen-bond acceptors (Lipinski definition) is 3. The van der Waals surface area contributed by atoms with E-state index < -0.39 is 0 Å². The Kier molecular flexibility index (Phi) is 6.13. The lowest BCUT2D eigenvalue weighted by Crippen LogP contribution is -2.14. The summed E-state index contributed by atoms with van der Waals surface area (Å²) in [7, 11) is 2.01. The quantitative estimate of drug-likeness (QED) is 0.438. The molecule has 0 spiro atoms. The van der Waals surface area contributed by atoms with Crippen molar-refractivity contribution in [1.29, 1.82) is 0 Å². The summed E-state index contributed by atoms with van der Waals surface area (Å²) in [5.41, 5.74) is 5.15. The summed E-state index contributed by atoms with van der Waals surface area (Å²) in [6.07, 6.45) is 1.86. The summed E-state index contributed by atoms with van der Waals surface area (Å²) in [4.78, 5) is 12.1. The van der Waals surface area contributed by atoms with Crippen molar-refractivity contribution in [2.75, 3.05) is 13.6 Å². The van der Waals surface area contributed by atoms with E-state index in [9.17, 15) is 0 Å². The molecule has 0 fully saturated rings. The number of nitrogens with zero attached hydrogens (tertiary/aromatic N) is 3. The van der Waals surface area contributed by atoms with E-state index in [1.807, 2.05) is 55.5 Å². The summed E-state index contributed by atoms with van der Waals surface area (Å²) < 4.78 is 0. The van der Waals surface area contributed by atoms with Gasteiger partial charge in [-0.25, -0.2) is 4.99 Å². The zero-order valence-electron chi connectivity index (χ0n) is 15.1. The normalized spacial score (nSPS) is 11.8. The Bertz CT molecular complexity index is 736. The number of hydrogen-bond donors (Lipinski definition) is 0. The largest absolute Gasteiger partial charge is 0.366 e. The van der Waals surface area contributed by atoms with Gasteiger partial charge in [0.2, 0.25) is 0 Å². The molecule has 126 valence electrons. The van der Waals surface area contributed by atoms with Crippen molar-refractivity contribution < 1.29 is 4.84 Å². The lowest BCUT2D eigenvalue weighted by atomic mass is 10.0. The Morgan fingerprint density at radius 2 is 1.83 bits per heavy atom. The molecule has 0 aliphatic rings. The molecule has 4 nitrogen and oxygen atoms in total. The average Bonchev–Trinajstić information content (AvgIpc) is 2.60. The average molecular weight is 323 g/mol. The molecule has 0 amide bonds. The minimum absolute atomic E-state index is 0.732. The zero-order chi connectivity index (χ0) is 17.5. The third kappa shape index (κ3) is 4.69. The monoisotopic (exact) mass is 323 g/mol. The van der Waals surface area contributed by atoms with Crippen LogP contribution in [0.1, 0.15) is 30.5 Å². The van der Waals surface area contributed by atoms with Gasteiger partial charge >= 0.3 is 0 Å². The highest BCUT2D eigenvalue weighted by Gasteiger charge is 2.07. The van der Waals surface area contributed by atoms with Gasteiger partial charge in [-0.1, -0.05) is 23.4 Å². The van der Waals surface area contributed by atoms with E-state index in [-0.39, 0.29) is 0 Å². The summed E-state index contributed by atoms with van der Waals surface area (Å²) in [6.45, 7) is 9.12. The molecule has 4 heteroatoms. The van der Waals surface area contributed by atoms with Gasteiger partial charge in [-0.3, -0.25) is 0 Å². The SMILES string of the molecule is CCN(C)C=Nc1cc(C)c(/C(C)=N/Oc2ccccc2)cc1C. The third-order valence-electron chi connectivity index (χ3n) is 3.86. The second-order valence-corrected chi connectivity index (χ2v) is 5.85. The number of oxime groups is 1. The highest BCUT2D eigenvalue weighted by molar-refractivity contribution is 6.00. The van der Waals surface area contributed by atoms with Crippen LogP contribution in [0, 0.1) is 13.8 Å². The molecular weight excluding hydrogens is 298 g/mol. The van der Waals surface area contributed by atoms with Crippen LogP contribution in [0.4, 0.5) is 5.69 Å². The van der Waals surface area contributed by atoms with Gasteiger partial charge in [0, 0.05) is 19.2 Å². The fourth-order valence-corrected chi connectivity index (χ4v) is 2.22. The predicted octanol–water partition coefficient (Wildman–Crippen LogP) is 4.72. The van der Waals surface area contributed by atoms with E-state index in [1.54, 1.807) is 0 Å². The van der Waals surface area contributed by atoms with Gasteiger partial charge < -0.3 is 9.74 Å². The molecule has 24 heavy (non-hydrogen) atoms. The third-order valence-corrected chi connectivity index (χ3v) is 3.86. The number of aliphatic imine (C=N–C) groups is 1. The van der Waals surface area contributed by atoms with Crippen LogP contribution >= 0.6 is 0 Å². The first-order valence-corrected chi connectivity index (χ1v) is 8.14. The minimum Gasteiger partial charge on any atom is -0.366 e. The molecular formula is C20H25N3O. The Morgan fingerprint density at radius 1 is 1.12 bits per heavy atom. The molecule has 0 saturated carbocycles. The van der Waals surface area contributed by atoms with Crippen LogP contribution in [-0.4, -0.2) is 30.5 Å². The van der Waals surface area contributed by atoms with E-state index in [0.29, 0.717) is 0 Å². The van der Waals surface area contributed by atoms with Crippen molar-refractivity contribution in [2.24, 2.45) is 10.1 Å². The smallest absolute Gasteiger partial charge is 0.157 e. The molecule has 0 N–H and O–H groups in total. The lowest BCUT2D eigenvalue weighted by molar-refractivity contribution is 0.341. The first-order valence-electron chi connectivity index (χ1n) is 8.14. The maximum Gasteiger partial charge on any atom is 0.157 e. The van der Waals surface area contributed by atoms with Crippen LogP contribution in [0.3, 0.4) is 0 Å². The highest BCUT2D eigenvalue weighted by atomic mass is 16.6. The van der Waals surface area contributed by atoms with Crippen molar-refractivity contribution >= 4 is 17.7 Å². The zero-order valence-corrected chi connectivity index (χ0v) is 15.1. The molecule has 2 aromatic rings. The fraction of sp³-hybridized carbons (Fsp3) is 0.300. The Labute approximate surface area is 144 Å². The van der Waals surface area contributed by atoms with E-state index in [1.165, 1.54) is 0 Å². The van der Waals surface area contributed by atoms with Crippen molar-refractivity contribution in [1.82, 2.24) is 4.90 Å². The molecule has 0 aliphatic heterocycles. The van der Waals surface area contributed by atoms with E-state index in [2.05, 4.69) is 43.1 Å². The molecule has 0 unspecified atom stereocenters. The topological polar surface area (TPSA) is 37.2 Å². The van der Waals surface area contributed by atoms with Gasteiger partial charge in [0.15, 0.2) is 5.75 Å². The van der Waals surface area contributed by atoms with Gasteiger partial charge in [0.25, 0.3) is 0 Å². The lowest BCUT2D eigenvalue weighted by Gasteiger charge is -2.11. The van der Waals surface area contributed by atoms with Gasteiger partial charge in [-0.15, -0.1) is 0 Å². The molecule has 0 atom stereocenters. The first-order chi connectivity index (χ1) is 11.5. The molecule has 0 aromatic heterocycles. The molecule has 0 saturated heterocycles. The van der Waals surface area contributed by atoms with Gasteiger partial charge in [0.05, 0.1) is 17.7 Å². The van der Waals surface area contributed by atoms with E-state index in [4.69, 9.17) is 4.84 Å². The van der Waals surface area contributed by atoms with Crippen LogP contribution in [0.5, 0.6) is 5.75 Å². The van der Waals surface area contributed by atoms with Gasteiger partial charge in [0.1, 0.15) is 0 Å². The van der Waals surface area contributed by atoms with Crippen LogP contribution < -0.4 is 4.84 Å². The molecule has 0 bridgehead atoms. The molecule has 0 aliphatic carbocycles. The van der Waals surface area contributed by atoms with E-state index >= 15 is 0 Å². The number of benzene rings is 2. The fourth-order valence-electron chi connectivity index (χ4n) is 2.22. The number of para-hydroxylation sites is 1. The molecule has 2 aromatic carbocycles. The maximum atomic E-state index is 5.49. The molecule has 0 radical (unpaired) electrons. The second kappa shape index (κ2) is 8.29. The predicted molar refractivity (Wildman–Crippen MR) is 102 cm³/mol. The Balaban J connectivity index is 2.21. The van der Waals surface area contributed by atoms with Gasteiger partial charge in [-0.2, -0.15) is 0 Å². The maximum absolute atomic E-state index is 5.49. The van der Waals surface area contributed by atoms with Crippen molar-refractivity contribution in [3.8, 4) is 5.75 Å². The number of rotatable bonds is 6. The molecule has 2 rings (SSSR count). The Hall–Kier alpha value is -2.62. The summed E-state index contributed by atoms with van der Waals surface area (Å²) in [5.74, 6) is 0.732. The van der Waals surface area contributed by atoms with Crippen molar-refractivity contribution in [3.05, 3.63) is 59.2 Å². The second-order valence-electron chi connectivity index (χ2n) is 5.85. The Morgan fingerprint density at radius 3 is 2.50 bits per heavy atom. The van der Waals surface area contributed by atoms with E-state index in [0.717, 1.165) is 40.4 Å². The van der Waals surface area contributed by atoms with Crippen LogP contribution in [0.2, 0.25) is 0 Å². The number of aryl methyl sites for hydroxylation is 2. The summed E-state index contributed by atoms with van der Waals surface area (Å²) in [6, 6.07) is 13.8. The first kappa shape index (κ1) is 17.7. The summed E-state index contributed by atoms with van der Waals surface area (Å²) in [5, 5.41) is 4.25. The van der Waals surface area contributed by atoms with Crippen LogP contribution in [0.15, 0.2) is 52.6 Å². The van der Waals surface area contributed by atoms with Crippen molar-refractivity contribution in [2.45, 2.75) is 27.7 Å². The standard InChI is InChI=1S/C20H25N3O/c1-6-23(5)14-21-20-13-15(2)19(12-16(20)3)17(4)22-24-18-10-8-7-9-11-18/h7-14H,6H2,1-5H3/b21-14?,22-17+. The highest BCUT2D eigenvalue weighted by Crippen LogP contribution is 2.24. The minimum atomic E-state index is 0.732.